The van der Waals surface area contributed by atoms with E-state index in [1.54, 1.807) is 12.1 Å². The molecule has 7 heteroatoms. The van der Waals surface area contributed by atoms with Crippen molar-refractivity contribution in [2.75, 3.05) is 13.3 Å². The van der Waals surface area contributed by atoms with Crippen LogP contribution in [0.3, 0.4) is 0 Å². The zero-order valence-corrected chi connectivity index (χ0v) is 15.8. The smallest absolute Gasteiger partial charge is 0.315 e. The Morgan fingerprint density at radius 3 is 2.82 bits per heavy atom. The van der Waals surface area contributed by atoms with Gasteiger partial charge in [0.15, 0.2) is 6.79 Å². The highest BCUT2D eigenvalue weighted by atomic mass is 19.1. The standard InChI is InChI=1S/C21H25FN2O4/c1-14(2-3-15-4-6-19(25)7-5-15)24-21(26)23-9-8-16-10-18(22)11-17-12-27-13-28-20(16)17/h4-7,10-11,14,25H,2-3,8-9,12-13H2,1H3,(H2,23,24,26). The van der Waals surface area contributed by atoms with Crippen LogP contribution in [0.1, 0.15) is 30.0 Å². The van der Waals surface area contributed by atoms with Gasteiger partial charge in [0.05, 0.1) is 6.61 Å². The first kappa shape index (κ1) is 19.9. The lowest BCUT2D eigenvalue weighted by molar-refractivity contribution is -0.0172. The average Bonchev–Trinajstić information content (AvgIpc) is 2.67. The summed E-state index contributed by atoms with van der Waals surface area (Å²) >= 11 is 0. The fraction of sp³-hybridized carbons (Fsp3) is 0.381. The Morgan fingerprint density at radius 2 is 2.04 bits per heavy atom. The molecule has 0 spiro atoms. The number of hydrogen-bond donors (Lipinski definition) is 3. The minimum absolute atomic E-state index is 0.00351. The second kappa shape index (κ2) is 9.41. The molecule has 0 aliphatic carbocycles. The van der Waals surface area contributed by atoms with Gasteiger partial charge in [-0.1, -0.05) is 12.1 Å². The lowest BCUT2D eigenvalue weighted by Crippen LogP contribution is -2.41. The average molecular weight is 388 g/mol. The van der Waals surface area contributed by atoms with Gasteiger partial charge in [-0.2, -0.15) is 0 Å². The van der Waals surface area contributed by atoms with Crippen LogP contribution in [-0.2, 0) is 24.2 Å². The van der Waals surface area contributed by atoms with E-state index in [2.05, 4.69) is 10.6 Å². The molecule has 0 aromatic heterocycles. The van der Waals surface area contributed by atoms with Crippen molar-refractivity contribution < 1.29 is 23.8 Å². The van der Waals surface area contributed by atoms with Gasteiger partial charge in [0, 0.05) is 18.2 Å². The molecule has 1 aliphatic rings. The van der Waals surface area contributed by atoms with Gasteiger partial charge in [-0.25, -0.2) is 9.18 Å². The molecule has 0 saturated carbocycles. The molecule has 3 N–H and O–H groups in total. The Kier molecular flexibility index (Phi) is 6.71. The fourth-order valence-electron chi connectivity index (χ4n) is 3.15. The van der Waals surface area contributed by atoms with Gasteiger partial charge < -0.3 is 25.2 Å². The van der Waals surface area contributed by atoms with E-state index in [0.29, 0.717) is 30.9 Å². The number of ether oxygens (including phenoxy) is 2. The molecule has 0 bridgehead atoms. The summed E-state index contributed by atoms with van der Waals surface area (Å²) in [5.41, 5.74) is 2.51. The summed E-state index contributed by atoms with van der Waals surface area (Å²) in [6.45, 7) is 2.79. The molecule has 28 heavy (non-hydrogen) atoms. The maximum Gasteiger partial charge on any atom is 0.315 e. The van der Waals surface area contributed by atoms with Gasteiger partial charge in [0.1, 0.15) is 17.3 Å². The lowest BCUT2D eigenvalue weighted by atomic mass is 10.1. The normalized spacial score (nSPS) is 13.9. The maximum absolute atomic E-state index is 13.7. The summed E-state index contributed by atoms with van der Waals surface area (Å²) in [7, 11) is 0. The van der Waals surface area contributed by atoms with Crippen molar-refractivity contribution in [3.05, 3.63) is 58.9 Å². The zero-order valence-electron chi connectivity index (χ0n) is 15.8. The number of phenols is 1. The van der Waals surface area contributed by atoms with E-state index in [-0.39, 0.29) is 30.4 Å². The molecule has 0 fully saturated rings. The Balaban J connectivity index is 1.42. The molecule has 6 nitrogen and oxygen atoms in total. The molecule has 0 saturated heterocycles. The summed E-state index contributed by atoms with van der Waals surface area (Å²) in [4.78, 5) is 12.1. The molecule has 150 valence electrons. The minimum atomic E-state index is -0.338. The van der Waals surface area contributed by atoms with Crippen molar-refractivity contribution in [3.8, 4) is 11.5 Å². The summed E-state index contributed by atoms with van der Waals surface area (Å²) in [5.74, 6) is 0.555. The van der Waals surface area contributed by atoms with Crippen molar-refractivity contribution in [3.63, 3.8) is 0 Å². The fourth-order valence-corrected chi connectivity index (χ4v) is 3.15. The minimum Gasteiger partial charge on any atom is -0.508 e. The lowest BCUT2D eigenvalue weighted by Gasteiger charge is -2.21. The predicted octanol–water partition coefficient (Wildman–Crippen LogP) is 3.26. The van der Waals surface area contributed by atoms with Crippen molar-refractivity contribution in [1.29, 1.82) is 0 Å². The Bertz CT molecular complexity index is 811. The van der Waals surface area contributed by atoms with Gasteiger partial charge >= 0.3 is 6.03 Å². The number of hydrogen-bond acceptors (Lipinski definition) is 4. The van der Waals surface area contributed by atoms with E-state index in [9.17, 15) is 14.3 Å². The highest BCUT2D eigenvalue weighted by Gasteiger charge is 2.17. The number of aromatic hydroxyl groups is 1. The third-order valence-corrected chi connectivity index (χ3v) is 4.61. The number of amides is 2. The summed E-state index contributed by atoms with van der Waals surface area (Å²) < 4.78 is 24.4. The molecule has 1 atom stereocenters. The van der Waals surface area contributed by atoms with Crippen LogP contribution in [0.2, 0.25) is 0 Å². The van der Waals surface area contributed by atoms with Crippen molar-refractivity contribution in [2.45, 2.75) is 38.8 Å². The first-order valence-corrected chi connectivity index (χ1v) is 9.35. The van der Waals surface area contributed by atoms with Crippen LogP contribution in [0.4, 0.5) is 9.18 Å². The van der Waals surface area contributed by atoms with Crippen LogP contribution >= 0.6 is 0 Å². The number of carbonyl (C=O) groups excluding carboxylic acids is 1. The van der Waals surface area contributed by atoms with Crippen LogP contribution in [-0.4, -0.2) is 30.5 Å². The number of nitrogens with one attached hydrogen (secondary N) is 2. The number of phenolic OH excluding ortho intramolecular Hbond substituents is 1. The van der Waals surface area contributed by atoms with E-state index in [1.165, 1.54) is 12.1 Å². The second-order valence-corrected chi connectivity index (χ2v) is 6.92. The number of aryl methyl sites for hydroxylation is 1. The van der Waals surface area contributed by atoms with Gasteiger partial charge in [0.2, 0.25) is 0 Å². The van der Waals surface area contributed by atoms with Crippen molar-refractivity contribution in [1.82, 2.24) is 10.6 Å². The van der Waals surface area contributed by atoms with Crippen LogP contribution < -0.4 is 15.4 Å². The summed E-state index contributed by atoms with van der Waals surface area (Å²) in [6, 6.07) is 9.63. The quantitative estimate of drug-likeness (QED) is 0.680. The molecular weight excluding hydrogens is 363 g/mol. The van der Waals surface area contributed by atoms with E-state index in [4.69, 9.17) is 9.47 Å². The van der Waals surface area contributed by atoms with Gasteiger partial charge in [-0.05, 0) is 61.6 Å². The topological polar surface area (TPSA) is 79.8 Å². The zero-order chi connectivity index (χ0) is 19.9. The van der Waals surface area contributed by atoms with E-state index in [1.807, 2.05) is 19.1 Å². The molecule has 3 rings (SSSR count). The first-order valence-electron chi connectivity index (χ1n) is 9.35. The van der Waals surface area contributed by atoms with Crippen LogP contribution in [0.25, 0.3) is 0 Å². The molecule has 1 aliphatic heterocycles. The van der Waals surface area contributed by atoms with Crippen LogP contribution in [0, 0.1) is 5.82 Å². The molecule has 2 aromatic carbocycles. The predicted molar refractivity (Wildman–Crippen MR) is 103 cm³/mol. The first-order chi connectivity index (χ1) is 13.5. The number of halogens is 1. The number of urea groups is 1. The highest BCUT2D eigenvalue weighted by molar-refractivity contribution is 5.74. The molecule has 1 heterocycles. The van der Waals surface area contributed by atoms with Crippen molar-refractivity contribution in [2.24, 2.45) is 0 Å². The number of benzene rings is 2. The Labute approximate surface area is 163 Å². The van der Waals surface area contributed by atoms with Crippen LogP contribution in [0.15, 0.2) is 36.4 Å². The maximum atomic E-state index is 13.7. The van der Waals surface area contributed by atoms with Gasteiger partial charge in [-0.15, -0.1) is 0 Å². The molecule has 2 aromatic rings. The third-order valence-electron chi connectivity index (χ3n) is 4.61. The molecule has 1 unspecified atom stereocenters. The van der Waals surface area contributed by atoms with Gasteiger partial charge in [-0.3, -0.25) is 0 Å². The molecular formula is C21H25FN2O4. The summed E-state index contributed by atoms with van der Waals surface area (Å²) in [5, 5.41) is 15.0. The Morgan fingerprint density at radius 1 is 1.25 bits per heavy atom. The Hall–Kier alpha value is -2.80. The number of rotatable bonds is 7. The second-order valence-electron chi connectivity index (χ2n) is 6.92. The van der Waals surface area contributed by atoms with E-state index >= 15 is 0 Å². The van der Waals surface area contributed by atoms with Gasteiger partial charge in [0.25, 0.3) is 0 Å². The number of fused-ring (bicyclic) bond motifs is 1. The largest absolute Gasteiger partial charge is 0.508 e. The van der Waals surface area contributed by atoms with E-state index in [0.717, 1.165) is 24.0 Å². The molecule has 0 radical (unpaired) electrons. The van der Waals surface area contributed by atoms with E-state index < -0.39 is 0 Å². The number of carbonyl (C=O) groups is 1. The third kappa shape index (κ3) is 5.60. The highest BCUT2D eigenvalue weighted by Crippen LogP contribution is 2.29. The summed E-state index contributed by atoms with van der Waals surface area (Å²) in [6.07, 6.45) is 2.05. The van der Waals surface area contributed by atoms with Crippen LogP contribution in [0.5, 0.6) is 11.5 Å². The molecule has 2 amide bonds. The SMILES string of the molecule is CC(CCc1ccc(O)cc1)NC(=O)NCCc1cc(F)cc2c1OCOC2. The van der Waals surface area contributed by atoms with Crippen molar-refractivity contribution >= 4 is 6.03 Å². The monoisotopic (exact) mass is 388 g/mol.